The minimum atomic E-state index is -0.383. The molecule has 2 aromatic carbocycles. The van der Waals surface area contributed by atoms with E-state index < -0.39 is 0 Å². The summed E-state index contributed by atoms with van der Waals surface area (Å²) in [5.74, 6) is 1.28. The Labute approximate surface area is 174 Å². The third-order valence-corrected chi connectivity index (χ3v) is 4.95. The molecule has 0 spiro atoms. The van der Waals surface area contributed by atoms with Gasteiger partial charge in [-0.05, 0) is 42.5 Å². The van der Waals surface area contributed by atoms with E-state index in [0.717, 1.165) is 15.5 Å². The summed E-state index contributed by atoms with van der Waals surface area (Å²) in [5, 5.41) is 3.26. The molecule has 1 amide bonds. The van der Waals surface area contributed by atoms with Gasteiger partial charge < -0.3 is 13.7 Å². The summed E-state index contributed by atoms with van der Waals surface area (Å²) in [6, 6.07) is 16.3. The number of fused-ring (bicyclic) bond motifs is 1. The molecule has 0 radical (unpaired) electrons. The van der Waals surface area contributed by atoms with Gasteiger partial charge in [0, 0.05) is 11.5 Å². The Morgan fingerprint density at radius 1 is 1.25 bits per heavy atom. The molecule has 8 heteroatoms. The number of halogens is 2. The fourth-order valence-corrected chi connectivity index (χ4v) is 3.47. The van der Waals surface area contributed by atoms with Gasteiger partial charge in [-0.25, -0.2) is 4.98 Å². The van der Waals surface area contributed by atoms with Crippen LogP contribution in [0.2, 0.25) is 5.02 Å². The second-order valence-electron chi connectivity index (χ2n) is 6.07. The third-order valence-electron chi connectivity index (χ3n) is 4.16. The number of ether oxygens (including phenoxy) is 1. The van der Waals surface area contributed by atoms with Gasteiger partial charge in [0.2, 0.25) is 5.95 Å². The first-order valence-corrected chi connectivity index (χ1v) is 9.58. The molecule has 0 aliphatic rings. The highest BCUT2D eigenvalue weighted by Gasteiger charge is 2.16. The fraction of sp³-hybridized carbons (Fsp3) is 0.100. The summed E-state index contributed by atoms with van der Waals surface area (Å²) < 4.78 is 13.9. The SMILES string of the molecule is Cn1c(NC(=O)c2ccc(COc3ccc(Br)cc3Cl)o2)nc2ccccc21. The standard InChI is InChI=1S/C20H15BrClN3O3/c1-25-16-5-3-2-4-15(16)23-20(25)24-19(26)18-9-7-13(28-18)11-27-17-8-6-12(21)10-14(17)22/h2-10H,11H2,1H3,(H,23,24,26). The molecule has 142 valence electrons. The van der Waals surface area contributed by atoms with Crippen molar-refractivity contribution in [1.82, 2.24) is 9.55 Å². The van der Waals surface area contributed by atoms with Gasteiger partial charge in [0.1, 0.15) is 18.1 Å². The lowest BCUT2D eigenvalue weighted by Gasteiger charge is -2.06. The van der Waals surface area contributed by atoms with Gasteiger partial charge in [0.05, 0.1) is 16.1 Å². The fourth-order valence-electron chi connectivity index (χ4n) is 2.74. The van der Waals surface area contributed by atoms with Crippen LogP contribution in [0.5, 0.6) is 5.75 Å². The normalized spacial score (nSPS) is 11.0. The summed E-state index contributed by atoms with van der Waals surface area (Å²) in [5.41, 5.74) is 1.73. The number of nitrogens with one attached hydrogen (secondary N) is 1. The number of para-hydroxylation sites is 2. The van der Waals surface area contributed by atoms with Crippen molar-refractivity contribution in [2.75, 3.05) is 5.32 Å². The molecule has 0 fully saturated rings. The highest BCUT2D eigenvalue weighted by Crippen LogP contribution is 2.28. The van der Waals surface area contributed by atoms with Crippen LogP contribution in [0.25, 0.3) is 11.0 Å². The van der Waals surface area contributed by atoms with Gasteiger partial charge in [-0.2, -0.15) is 0 Å². The molecule has 0 aliphatic heterocycles. The summed E-state index contributed by atoms with van der Waals surface area (Å²) in [6.45, 7) is 0.154. The lowest BCUT2D eigenvalue weighted by molar-refractivity contribution is 0.0991. The molecule has 2 aromatic heterocycles. The lowest BCUT2D eigenvalue weighted by Crippen LogP contribution is -2.14. The molecule has 0 saturated carbocycles. The Balaban J connectivity index is 1.44. The van der Waals surface area contributed by atoms with E-state index in [0.29, 0.717) is 22.5 Å². The number of benzene rings is 2. The number of amides is 1. The number of imidazole rings is 1. The average Bonchev–Trinajstić information content (AvgIpc) is 3.27. The summed E-state index contributed by atoms with van der Waals surface area (Å²) in [4.78, 5) is 16.9. The minimum absolute atomic E-state index is 0.154. The molecular weight excluding hydrogens is 446 g/mol. The summed E-state index contributed by atoms with van der Waals surface area (Å²) >= 11 is 9.48. The van der Waals surface area contributed by atoms with Crippen LogP contribution in [-0.2, 0) is 13.7 Å². The first kappa shape index (κ1) is 18.6. The first-order chi connectivity index (χ1) is 13.5. The van der Waals surface area contributed by atoms with Crippen molar-refractivity contribution >= 4 is 50.4 Å². The van der Waals surface area contributed by atoms with Gasteiger partial charge in [-0.15, -0.1) is 0 Å². The van der Waals surface area contributed by atoms with Gasteiger partial charge in [0.15, 0.2) is 5.76 Å². The number of anilines is 1. The van der Waals surface area contributed by atoms with Crippen LogP contribution in [0.15, 0.2) is 63.5 Å². The molecule has 1 N–H and O–H groups in total. The zero-order valence-corrected chi connectivity index (χ0v) is 17.1. The van der Waals surface area contributed by atoms with Crippen molar-refractivity contribution in [1.29, 1.82) is 0 Å². The number of aromatic nitrogens is 2. The quantitative estimate of drug-likeness (QED) is 0.432. The predicted molar refractivity (Wildman–Crippen MR) is 111 cm³/mol. The van der Waals surface area contributed by atoms with Crippen molar-refractivity contribution in [2.24, 2.45) is 7.05 Å². The van der Waals surface area contributed by atoms with E-state index in [2.05, 4.69) is 26.2 Å². The first-order valence-electron chi connectivity index (χ1n) is 8.40. The highest BCUT2D eigenvalue weighted by atomic mass is 79.9. The molecular formula is C20H15BrClN3O3. The summed E-state index contributed by atoms with van der Waals surface area (Å²) in [6.07, 6.45) is 0. The Kier molecular flexibility index (Phi) is 5.11. The predicted octanol–water partition coefficient (Wildman–Crippen LogP) is 5.41. The Morgan fingerprint density at radius 2 is 2.07 bits per heavy atom. The van der Waals surface area contributed by atoms with Gasteiger partial charge >= 0.3 is 0 Å². The third kappa shape index (κ3) is 3.76. The maximum Gasteiger partial charge on any atom is 0.293 e. The van der Waals surface area contributed by atoms with Crippen LogP contribution in [0, 0.1) is 0 Å². The molecule has 6 nitrogen and oxygen atoms in total. The van der Waals surface area contributed by atoms with Gasteiger partial charge in [-0.1, -0.05) is 39.7 Å². The van der Waals surface area contributed by atoms with Crippen LogP contribution in [0.3, 0.4) is 0 Å². The second kappa shape index (κ2) is 7.69. The van der Waals surface area contributed by atoms with Crippen molar-refractivity contribution in [3.63, 3.8) is 0 Å². The molecule has 0 saturated heterocycles. The lowest BCUT2D eigenvalue weighted by atomic mass is 10.3. The van der Waals surface area contributed by atoms with E-state index in [1.165, 1.54) is 0 Å². The number of nitrogens with zero attached hydrogens (tertiary/aromatic N) is 2. The molecule has 0 atom stereocenters. The Hall–Kier alpha value is -2.77. The van der Waals surface area contributed by atoms with Crippen molar-refractivity contribution in [2.45, 2.75) is 6.61 Å². The summed E-state index contributed by atoms with van der Waals surface area (Å²) in [7, 11) is 1.84. The van der Waals surface area contributed by atoms with Gasteiger partial charge in [-0.3, -0.25) is 10.1 Å². The molecule has 28 heavy (non-hydrogen) atoms. The second-order valence-corrected chi connectivity index (χ2v) is 7.39. The molecule has 0 aliphatic carbocycles. The number of furan rings is 1. The molecule has 4 aromatic rings. The Bertz CT molecular complexity index is 1170. The zero-order valence-electron chi connectivity index (χ0n) is 14.8. The Morgan fingerprint density at radius 3 is 2.86 bits per heavy atom. The van der Waals surface area contributed by atoms with Crippen LogP contribution in [-0.4, -0.2) is 15.5 Å². The zero-order chi connectivity index (χ0) is 19.7. The number of hydrogen-bond donors (Lipinski definition) is 1. The van der Waals surface area contributed by atoms with Crippen molar-refractivity contribution < 1.29 is 13.9 Å². The van der Waals surface area contributed by atoms with E-state index in [1.54, 1.807) is 24.3 Å². The van der Waals surface area contributed by atoms with E-state index in [-0.39, 0.29) is 18.3 Å². The molecule has 0 unspecified atom stereocenters. The number of carbonyl (C=O) groups excluding carboxylic acids is 1. The number of rotatable bonds is 5. The maximum absolute atomic E-state index is 12.5. The largest absolute Gasteiger partial charge is 0.484 e. The number of aryl methyl sites for hydroxylation is 1. The van der Waals surface area contributed by atoms with Gasteiger partial charge in [0.25, 0.3) is 5.91 Å². The minimum Gasteiger partial charge on any atom is -0.484 e. The average molecular weight is 461 g/mol. The van der Waals surface area contributed by atoms with E-state index in [1.807, 2.05) is 41.9 Å². The van der Waals surface area contributed by atoms with Crippen LogP contribution < -0.4 is 10.1 Å². The monoisotopic (exact) mass is 459 g/mol. The molecule has 4 rings (SSSR count). The van der Waals surface area contributed by atoms with E-state index in [4.69, 9.17) is 20.8 Å². The van der Waals surface area contributed by atoms with Crippen molar-refractivity contribution in [3.8, 4) is 5.75 Å². The van der Waals surface area contributed by atoms with Crippen LogP contribution in [0.1, 0.15) is 16.3 Å². The van der Waals surface area contributed by atoms with Crippen molar-refractivity contribution in [3.05, 3.63) is 75.6 Å². The number of hydrogen-bond acceptors (Lipinski definition) is 4. The molecule has 0 bridgehead atoms. The molecule has 2 heterocycles. The smallest absolute Gasteiger partial charge is 0.293 e. The van der Waals surface area contributed by atoms with E-state index >= 15 is 0 Å². The topological polar surface area (TPSA) is 69.3 Å². The number of carbonyl (C=O) groups is 1. The maximum atomic E-state index is 12.5. The van der Waals surface area contributed by atoms with E-state index in [9.17, 15) is 4.79 Å². The van der Waals surface area contributed by atoms with Crippen LogP contribution >= 0.6 is 27.5 Å². The highest BCUT2D eigenvalue weighted by molar-refractivity contribution is 9.10. The van der Waals surface area contributed by atoms with Crippen LogP contribution in [0.4, 0.5) is 5.95 Å².